The number of hydrogen-bond acceptors (Lipinski definition) is 4. The molecule has 0 atom stereocenters. The SMILES string of the molecule is O=C(O)/C=C\C(=O)O.O=C1CCCO1. The van der Waals surface area contributed by atoms with Crippen LogP contribution < -0.4 is 0 Å². The monoisotopic (exact) mass is 202 g/mol. The van der Waals surface area contributed by atoms with Crippen molar-refractivity contribution < 1.29 is 29.3 Å². The number of rotatable bonds is 2. The molecule has 0 aliphatic carbocycles. The van der Waals surface area contributed by atoms with Gasteiger partial charge in [-0.3, -0.25) is 4.79 Å². The van der Waals surface area contributed by atoms with Crippen molar-refractivity contribution in [3.8, 4) is 0 Å². The second-order valence-electron chi connectivity index (χ2n) is 2.33. The Bertz CT molecular complexity index is 231. The predicted octanol–water partition coefficient (Wildman–Crippen LogP) is 0.0352. The number of esters is 1. The van der Waals surface area contributed by atoms with Gasteiger partial charge in [0.05, 0.1) is 6.61 Å². The molecule has 0 aromatic heterocycles. The maximum atomic E-state index is 10.0. The third-order valence-electron chi connectivity index (χ3n) is 1.16. The molecule has 14 heavy (non-hydrogen) atoms. The molecule has 0 saturated carbocycles. The van der Waals surface area contributed by atoms with E-state index in [1.165, 1.54) is 0 Å². The lowest BCUT2D eigenvalue weighted by molar-refractivity contribution is -0.138. The number of carbonyl (C=O) groups is 3. The Kier molecular flexibility index (Phi) is 5.77. The van der Waals surface area contributed by atoms with Crippen molar-refractivity contribution in [2.45, 2.75) is 12.8 Å². The standard InChI is InChI=1S/C4H4O4.C4H6O2/c5-3(6)1-2-4(7)8;5-4-2-1-3-6-4/h1-2H,(H,5,6)(H,7,8);1-3H2/b2-1-;. The molecule has 1 saturated heterocycles. The van der Waals surface area contributed by atoms with E-state index < -0.39 is 11.9 Å². The second-order valence-corrected chi connectivity index (χ2v) is 2.33. The highest BCUT2D eigenvalue weighted by Gasteiger charge is 2.08. The largest absolute Gasteiger partial charge is 0.478 e. The molecule has 0 amide bonds. The minimum absolute atomic E-state index is 0.0463. The number of aliphatic carboxylic acids is 2. The fourth-order valence-corrected chi connectivity index (χ4v) is 0.617. The van der Waals surface area contributed by atoms with Gasteiger partial charge in [0.25, 0.3) is 0 Å². The summed E-state index contributed by atoms with van der Waals surface area (Å²) in [6.45, 7) is 0.638. The Labute approximate surface area is 79.8 Å². The molecule has 78 valence electrons. The van der Waals surface area contributed by atoms with Gasteiger partial charge >= 0.3 is 17.9 Å². The van der Waals surface area contributed by atoms with Crippen LogP contribution in [0.25, 0.3) is 0 Å². The Hall–Kier alpha value is -1.85. The second kappa shape index (κ2) is 6.64. The zero-order valence-corrected chi connectivity index (χ0v) is 7.30. The van der Waals surface area contributed by atoms with Gasteiger partial charge < -0.3 is 14.9 Å². The van der Waals surface area contributed by atoms with E-state index in [-0.39, 0.29) is 5.97 Å². The van der Waals surface area contributed by atoms with Crippen LogP contribution in [0.1, 0.15) is 12.8 Å². The summed E-state index contributed by atoms with van der Waals surface area (Å²) in [5, 5.41) is 15.6. The molecule has 1 fully saturated rings. The van der Waals surface area contributed by atoms with E-state index in [0.29, 0.717) is 25.2 Å². The number of carbonyl (C=O) groups excluding carboxylic acids is 1. The molecule has 1 rings (SSSR count). The van der Waals surface area contributed by atoms with E-state index in [2.05, 4.69) is 4.74 Å². The molecule has 0 bridgehead atoms. The quantitative estimate of drug-likeness (QED) is 0.484. The molecule has 0 spiro atoms. The Morgan fingerprint density at radius 3 is 1.86 bits per heavy atom. The van der Waals surface area contributed by atoms with Crippen LogP contribution in [-0.2, 0) is 19.1 Å². The summed E-state index contributed by atoms with van der Waals surface area (Å²) >= 11 is 0. The van der Waals surface area contributed by atoms with Crippen LogP contribution in [0.4, 0.5) is 0 Å². The summed E-state index contributed by atoms with van der Waals surface area (Å²) in [6, 6.07) is 0. The van der Waals surface area contributed by atoms with Crippen LogP contribution in [0.15, 0.2) is 12.2 Å². The van der Waals surface area contributed by atoms with Crippen LogP contribution in [0, 0.1) is 0 Å². The molecule has 1 heterocycles. The van der Waals surface area contributed by atoms with E-state index in [1.54, 1.807) is 0 Å². The highest BCUT2D eigenvalue weighted by molar-refractivity contribution is 5.89. The molecule has 1 aliphatic heterocycles. The first kappa shape index (κ1) is 12.2. The third kappa shape index (κ3) is 8.25. The molecule has 6 heteroatoms. The zero-order valence-electron chi connectivity index (χ0n) is 7.30. The van der Waals surface area contributed by atoms with Crippen LogP contribution >= 0.6 is 0 Å². The van der Waals surface area contributed by atoms with Crippen LogP contribution in [0.5, 0.6) is 0 Å². The van der Waals surface area contributed by atoms with Crippen molar-refractivity contribution in [1.82, 2.24) is 0 Å². The van der Waals surface area contributed by atoms with Gasteiger partial charge in [0.15, 0.2) is 0 Å². The minimum atomic E-state index is -1.26. The van der Waals surface area contributed by atoms with Crippen LogP contribution in [0.3, 0.4) is 0 Å². The van der Waals surface area contributed by atoms with E-state index in [0.717, 1.165) is 6.42 Å². The topological polar surface area (TPSA) is 101 Å². The molecule has 2 N–H and O–H groups in total. The highest BCUT2D eigenvalue weighted by Crippen LogP contribution is 2.01. The van der Waals surface area contributed by atoms with Gasteiger partial charge in [-0.05, 0) is 6.42 Å². The van der Waals surface area contributed by atoms with Gasteiger partial charge in [-0.15, -0.1) is 0 Å². The van der Waals surface area contributed by atoms with E-state index in [4.69, 9.17) is 10.2 Å². The summed E-state index contributed by atoms with van der Waals surface area (Å²) in [7, 11) is 0. The summed E-state index contributed by atoms with van der Waals surface area (Å²) in [4.78, 5) is 29.1. The first-order valence-electron chi connectivity index (χ1n) is 3.82. The van der Waals surface area contributed by atoms with Gasteiger partial charge in [0.2, 0.25) is 0 Å². The van der Waals surface area contributed by atoms with Crippen LogP contribution in [-0.4, -0.2) is 34.7 Å². The van der Waals surface area contributed by atoms with Crippen molar-refractivity contribution in [3.05, 3.63) is 12.2 Å². The summed E-state index contributed by atoms with van der Waals surface area (Å²) in [5.74, 6) is -2.56. The molecular formula is C8H10O6. The molecular weight excluding hydrogens is 192 g/mol. The van der Waals surface area contributed by atoms with Crippen molar-refractivity contribution in [1.29, 1.82) is 0 Å². The molecule has 6 nitrogen and oxygen atoms in total. The lowest BCUT2D eigenvalue weighted by Gasteiger charge is -1.81. The van der Waals surface area contributed by atoms with E-state index in [1.807, 2.05) is 0 Å². The fourth-order valence-electron chi connectivity index (χ4n) is 0.617. The Balaban J connectivity index is 0.000000249. The molecule has 1 aliphatic rings. The fraction of sp³-hybridized carbons (Fsp3) is 0.375. The summed E-state index contributed by atoms with van der Waals surface area (Å²) < 4.78 is 4.51. The zero-order chi connectivity index (χ0) is 11.0. The number of cyclic esters (lactones) is 1. The van der Waals surface area contributed by atoms with Crippen molar-refractivity contribution >= 4 is 17.9 Å². The van der Waals surface area contributed by atoms with Crippen LogP contribution in [0.2, 0.25) is 0 Å². The van der Waals surface area contributed by atoms with Crippen molar-refractivity contribution in [2.24, 2.45) is 0 Å². The van der Waals surface area contributed by atoms with Gasteiger partial charge in [-0.1, -0.05) is 0 Å². The Morgan fingerprint density at radius 1 is 1.21 bits per heavy atom. The highest BCUT2D eigenvalue weighted by atomic mass is 16.5. The van der Waals surface area contributed by atoms with Gasteiger partial charge in [-0.2, -0.15) is 0 Å². The first-order valence-corrected chi connectivity index (χ1v) is 3.82. The lowest BCUT2D eigenvalue weighted by Crippen LogP contribution is -1.91. The normalized spacial score (nSPS) is 14.4. The predicted molar refractivity (Wildman–Crippen MR) is 44.6 cm³/mol. The number of hydrogen-bond donors (Lipinski definition) is 2. The maximum Gasteiger partial charge on any atom is 0.328 e. The average Bonchev–Trinajstić information content (AvgIpc) is 2.53. The number of carboxylic acids is 2. The maximum absolute atomic E-state index is 10.0. The van der Waals surface area contributed by atoms with E-state index >= 15 is 0 Å². The molecule has 0 aromatic carbocycles. The average molecular weight is 202 g/mol. The van der Waals surface area contributed by atoms with E-state index in [9.17, 15) is 14.4 Å². The Morgan fingerprint density at radius 2 is 1.71 bits per heavy atom. The van der Waals surface area contributed by atoms with Gasteiger partial charge in [-0.25, -0.2) is 9.59 Å². The summed E-state index contributed by atoms with van der Waals surface area (Å²) in [5.41, 5.74) is 0. The van der Waals surface area contributed by atoms with Gasteiger partial charge in [0, 0.05) is 18.6 Å². The van der Waals surface area contributed by atoms with Crippen molar-refractivity contribution in [2.75, 3.05) is 6.61 Å². The summed E-state index contributed by atoms with van der Waals surface area (Å²) in [6.07, 6.45) is 2.66. The van der Waals surface area contributed by atoms with Gasteiger partial charge in [0.1, 0.15) is 0 Å². The lowest BCUT2D eigenvalue weighted by atomic mass is 10.4. The molecule has 0 radical (unpaired) electrons. The first-order chi connectivity index (χ1) is 6.52. The smallest absolute Gasteiger partial charge is 0.328 e. The number of carboxylic acid groups (broad SMARTS) is 2. The third-order valence-corrected chi connectivity index (χ3v) is 1.16. The molecule has 0 aromatic rings. The molecule has 0 unspecified atom stereocenters. The van der Waals surface area contributed by atoms with Crippen molar-refractivity contribution in [3.63, 3.8) is 0 Å². The minimum Gasteiger partial charge on any atom is -0.478 e. The number of ether oxygens (including phenoxy) is 1.